The van der Waals surface area contributed by atoms with Crippen LogP contribution in [0.25, 0.3) is 0 Å². The summed E-state index contributed by atoms with van der Waals surface area (Å²) in [7, 11) is 0. The van der Waals surface area contributed by atoms with Gasteiger partial charge in [0, 0.05) is 5.41 Å². The molecule has 0 aromatic heterocycles. The van der Waals surface area contributed by atoms with E-state index in [0.717, 1.165) is 12.1 Å². The van der Waals surface area contributed by atoms with Gasteiger partial charge < -0.3 is 5.21 Å². The van der Waals surface area contributed by atoms with Crippen LogP contribution >= 0.6 is 0 Å². The van der Waals surface area contributed by atoms with E-state index in [0.29, 0.717) is 0 Å². The van der Waals surface area contributed by atoms with Gasteiger partial charge in [-0.1, -0.05) is 32.0 Å². The van der Waals surface area contributed by atoms with E-state index < -0.39 is 0 Å². The van der Waals surface area contributed by atoms with Crippen LogP contribution in [0.4, 0.5) is 0 Å². The predicted molar refractivity (Wildman–Crippen MR) is 54.8 cm³/mol. The number of hydrogen-bond acceptors (Lipinski definition) is 2. The standard InChI is InChI=1S/C8H15NO.H4Si/c1-5-7(9-10)8(3,4)6-2;/h6,10H,2,5H2,1,3-4H3;1H4. The Bertz CT molecular complexity index is 152. The Morgan fingerprint density at radius 3 is 2.18 bits per heavy atom. The SMILES string of the molecule is C=CC(C)(C)C(CC)=NO.[SiH4]. The van der Waals surface area contributed by atoms with Gasteiger partial charge in [0.1, 0.15) is 0 Å². The summed E-state index contributed by atoms with van der Waals surface area (Å²) in [4.78, 5) is 0. The van der Waals surface area contributed by atoms with E-state index in [4.69, 9.17) is 5.21 Å². The molecule has 0 fully saturated rings. The van der Waals surface area contributed by atoms with E-state index in [9.17, 15) is 0 Å². The minimum atomic E-state index is -0.177. The average molecular weight is 173 g/mol. The number of rotatable bonds is 3. The third-order valence-corrected chi connectivity index (χ3v) is 1.71. The molecule has 0 atom stereocenters. The fourth-order valence-electron chi connectivity index (χ4n) is 0.773. The van der Waals surface area contributed by atoms with Crippen molar-refractivity contribution in [2.45, 2.75) is 27.2 Å². The van der Waals surface area contributed by atoms with Gasteiger partial charge in [-0.15, -0.1) is 6.58 Å². The summed E-state index contributed by atoms with van der Waals surface area (Å²) in [6.45, 7) is 9.56. The highest BCUT2D eigenvalue weighted by Crippen LogP contribution is 2.20. The van der Waals surface area contributed by atoms with E-state index >= 15 is 0 Å². The van der Waals surface area contributed by atoms with Gasteiger partial charge in [0.05, 0.1) is 5.71 Å². The summed E-state index contributed by atoms with van der Waals surface area (Å²) in [5, 5.41) is 11.7. The second-order valence-electron chi connectivity index (χ2n) is 2.83. The van der Waals surface area contributed by atoms with Crippen LogP contribution in [0.1, 0.15) is 27.2 Å². The maximum atomic E-state index is 8.53. The molecule has 0 heterocycles. The Morgan fingerprint density at radius 2 is 2.09 bits per heavy atom. The maximum absolute atomic E-state index is 8.53. The zero-order valence-electron chi connectivity index (χ0n) is 6.89. The van der Waals surface area contributed by atoms with Gasteiger partial charge in [-0.05, 0) is 17.4 Å². The van der Waals surface area contributed by atoms with Crippen molar-refractivity contribution in [3.63, 3.8) is 0 Å². The van der Waals surface area contributed by atoms with Crippen molar-refractivity contribution in [3.8, 4) is 0 Å². The number of allylic oxidation sites excluding steroid dienone is 1. The smallest absolute Gasteiger partial charge is 0.0661 e. The first kappa shape index (κ1) is 13.0. The summed E-state index contributed by atoms with van der Waals surface area (Å²) >= 11 is 0. The molecule has 0 amide bonds. The van der Waals surface area contributed by atoms with Crippen molar-refractivity contribution >= 4 is 16.7 Å². The summed E-state index contributed by atoms with van der Waals surface area (Å²) in [6, 6.07) is 0. The highest BCUT2D eigenvalue weighted by Gasteiger charge is 2.19. The molecule has 3 heteroatoms. The van der Waals surface area contributed by atoms with E-state index in [2.05, 4.69) is 11.7 Å². The molecular weight excluding hydrogens is 154 g/mol. The number of nitrogens with zero attached hydrogens (tertiary/aromatic N) is 1. The first-order chi connectivity index (χ1) is 4.58. The molecule has 2 nitrogen and oxygen atoms in total. The van der Waals surface area contributed by atoms with Gasteiger partial charge in [-0.3, -0.25) is 0 Å². The Hall–Kier alpha value is -0.573. The summed E-state index contributed by atoms with van der Waals surface area (Å²) in [5.41, 5.74) is 0.589. The molecule has 0 spiro atoms. The summed E-state index contributed by atoms with van der Waals surface area (Å²) in [6.07, 6.45) is 2.54. The van der Waals surface area contributed by atoms with Crippen LogP contribution < -0.4 is 0 Å². The molecule has 0 unspecified atom stereocenters. The van der Waals surface area contributed by atoms with Gasteiger partial charge in [0.2, 0.25) is 0 Å². The second-order valence-corrected chi connectivity index (χ2v) is 2.83. The second kappa shape index (κ2) is 5.13. The zero-order valence-corrected chi connectivity index (χ0v) is 6.89. The first-order valence-corrected chi connectivity index (χ1v) is 3.43. The highest BCUT2D eigenvalue weighted by molar-refractivity contribution is 5.90. The quantitative estimate of drug-likeness (QED) is 0.223. The molecule has 0 aliphatic carbocycles. The maximum Gasteiger partial charge on any atom is 0.0661 e. The average Bonchev–Trinajstić information content (AvgIpc) is 1.90. The molecule has 66 valence electrons. The molecule has 0 aromatic carbocycles. The monoisotopic (exact) mass is 173 g/mol. The lowest BCUT2D eigenvalue weighted by Gasteiger charge is -2.19. The van der Waals surface area contributed by atoms with Gasteiger partial charge in [-0.2, -0.15) is 0 Å². The fraction of sp³-hybridized carbons (Fsp3) is 0.625. The molecule has 0 bridgehead atoms. The topological polar surface area (TPSA) is 32.6 Å². The molecular formula is C8H19NOSi. The minimum absolute atomic E-state index is 0. The molecule has 0 saturated carbocycles. The molecule has 0 radical (unpaired) electrons. The lowest BCUT2D eigenvalue weighted by Crippen LogP contribution is -2.20. The molecule has 0 aromatic rings. The van der Waals surface area contributed by atoms with Crippen LogP contribution in [0.2, 0.25) is 0 Å². The van der Waals surface area contributed by atoms with Gasteiger partial charge in [0.15, 0.2) is 0 Å². The third-order valence-electron chi connectivity index (χ3n) is 1.71. The van der Waals surface area contributed by atoms with Crippen LogP contribution in [-0.2, 0) is 0 Å². The third kappa shape index (κ3) is 3.37. The Balaban J connectivity index is 0. The van der Waals surface area contributed by atoms with Crippen molar-refractivity contribution in [1.82, 2.24) is 0 Å². The fourth-order valence-corrected chi connectivity index (χ4v) is 0.773. The highest BCUT2D eigenvalue weighted by atomic mass is 28.1. The number of hydrogen-bond donors (Lipinski definition) is 1. The lowest BCUT2D eigenvalue weighted by atomic mass is 9.86. The predicted octanol–water partition coefficient (Wildman–Crippen LogP) is 0.987. The van der Waals surface area contributed by atoms with Crippen LogP contribution in [0, 0.1) is 5.41 Å². The van der Waals surface area contributed by atoms with Crippen LogP contribution in [0.15, 0.2) is 17.8 Å². The van der Waals surface area contributed by atoms with Gasteiger partial charge in [-0.25, -0.2) is 0 Å². The van der Waals surface area contributed by atoms with Crippen molar-refractivity contribution < 1.29 is 5.21 Å². The van der Waals surface area contributed by atoms with E-state index in [1.54, 1.807) is 6.08 Å². The molecule has 1 N–H and O–H groups in total. The molecule has 0 rings (SSSR count). The minimum Gasteiger partial charge on any atom is -0.411 e. The van der Waals surface area contributed by atoms with Crippen LogP contribution in [-0.4, -0.2) is 21.9 Å². The van der Waals surface area contributed by atoms with E-state index in [1.807, 2.05) is 20.8 Å². The van der Waals surface area contributed by atoms with Gasteiger partial charge in [0.25, 0.3) is 0 Å². The molecule has 0 aliphatic heterocycles. The van der Waals surface area contributed by atoms with Crippen LogP contribution in [0.3, 0.4) is 0 Å². The largest absolute Gasteiger partial charge is 0.411 e. The Kier molecular flexibility index (Phi) is 6.08. The molecule has 0 saturated heterocycles. The zero-order chi connectivity index (χ0) is 8.20. The summed E-state index contributed by atoms with van der Waals surface area (Å²) in [5.74, 6) is 0. The first-order valence-electron chi connectivity index (χ1n) is 3.43. The van der Waals surface area contributed by atoms with E-state index in [1.165, 1.54) is 0 Å². The van der Waals surface area contributed by atoms with E-state index in [-0.39, 0.29) is 16.4 Å². The Morgan fingerprint density at radius 1 is 1.64 bits per heavy atom. The number of oxime groups is 1. The molecule has 11 heavy (non-hydrogen) atoms. The lowest BCUT2D eigenvalue weighted by molar-refractivity contribution is 0.311. The van der Waals surface area contributed by atoms with Crippen molar-refractivity contribution in [2.24, 2.45) is 10.6 Å². The Labute approximate surface area is 73.0 Å². The van der Waals surface area contributed by atoms with Gasteiger partial charge >= 0.3 is 0 Å². The normalized spacial score (nSPS) is 12.1. The van der Waals surface area contributed by atoms with Crippen molar-refractivity contribution in [1.29, 1.82) is 0 Å². The van der Waals surface area contributed by atoms with Crippen molar-refractivity contribution in [3.05, 3.63) is 12.7 Å². The van der Waals surface area contributed by atoms with Crippen molar-refractivity contribution in [2.75, 3.05) is 0 Å². The molecule has 0 aliphatic rings. The summed E-state index contributed by atoms with van der Waals surface area (Å²) < 4.78 is 0. The van der Waals surface area contributed by atoms with Crippen LogP contribution in [0.5, 0.6) is 0 Å².